The molecule has 2 heterocycles. The molecule has 0 unspecified atom stereocenters. The Morgan fingerprint density at radius 1 is 1.17 bits per heavy atom. The molecule has 30 heavy (non-hydrogen) atoms. The van der Waals surface area contributed by atoms with Gasteiger partial charge in [-0.05, 0) is 55.6 Å². The van der Waals surface area contributed by atoms with Crippen LogP contribution in [0.2, 0.25) is 0 Å². The second kappa shape index (κ2) is 9.22. The molecule has 2 N–H and O–H groups in total. The summed E-state index contributed by atoms with van der Waals surface area (Å²) in [5.41, 5.74) is 2.83. The number of carbonyl (C=O) groups excluding carboxylic acids is 1. The van der Waals surface area contributed by atoms with Crippen molar-refractivity contribution in [2.75, 3.05) is 43.5 Å². The standard InChI is InChI=1S/C22H27N3O3S2/c1-28-21(27)19-17-8-3-2-4-9-18(17)30-20(19)23-22(29)25-12-10-24(11-13-25)15-6-5-7-16(26)14-15/h5-7,14,26H,2-4,8-13H2,1H3,(H,23,29). The number of esters is 1. The molecule has 1 saturated heterocycles. The van der Waals surface area contributed by atoms with Gasteiger partial charge >= 0.3 is 5.97 Å². The smallest absolute Gasteiger partial charge is 0.341 e. The van der Waals surface area contributed by atoms with Crippen LogP contribution >= 0.6 is 23.6 Å². The molecular formula is C22H27N3O3S2. The first-order chi connectivity index (χ1) is 14.6. The number of nitrogens with zero attached hydrogens (tertiary/aromatic N) is 2. The predicted octanol–water partition coefficient (Wildman–Crippen LogP) is 4.03. The predicted molar refractivity (Wildman–Crippen MR) is 125 cm³/mol. The molecule has 4 rings (SSSR count). The van der Waals surface area contributed by atoms with Gasteiger partial charge in [0.1, 0.15) is 10.8 Å². The number of aromatic hydroxyl groups is 1. The lowest BCUT2D eigenvalue weighted by Gasteiger charge is -2.37. The molecule has 6 nitrogen and oxygen atoms in total. The van der Waals surface area contributed by atoms with Crippen molar-refractivity contribution in [1.82, 2.24) is 4.90 Å². The minimum Gasteiger partial charge on any atom is -0.508 e. The molecule has 2 aliphatic rings. The molecule has 8 heteroatoms. The first-order valence-electron chi connectivity index (χ1n) is 10.4. The first kappa shape index (κ1) is 20.9. The lowest BCUT2D eigenvalue weighted by molar-refractivity contribution is 0.0601. The van der Waals surface area contributed by atoms with E-state index in [-0.39, 0.29) is 11.7 Å². The topological polar surface area (TPSA) is 65.0 Å². The van der Waals surface area contributed by atoms with E-state index >= 15 is 0 Å². The van der Waals surface area contributed by atoms with Crippen LogP contribution in [-0.4, -0.2) is 54.4 Å². The fourth-order valence-corrected chi connectivity index (χ4v) is 5.81. The molecule has 1 fully saturated rings. The third-order valence-corrected chi connectivity index (χ3v) is 7.36. The summed E-state index contributed by atoms with van der Waals surface area (Å²) in [6, 6.07) is 7.33. The Kier molecular flexibility index (Phi) is 6.43. The zero-order valence-electron chi connectivity index (χ0n) is 17.1. The third-order valence-electron chi connectivity index (χ3n) is 5.79. The number of rotatable bonds is 3. The number of piperazine rings is 1. The number of hydrogen-bond donors (Lipinski definition) is 2. The number of phenols is 1. The Morgan fingerprint density at radius 2 is 1.93 bits per heavy atom. The van der Waals surface area contributed by atoms with Crippen molar-refractivity contribution in [3.05, 3.63) is 40.3 Å². The van der Waals surface area contributed by atoms with Crippen molar-refractivity contribution >= 4 is 45.3 Å². The van der Waals surface area contributed by atoms with E-state index in [1.807, 2.05) is 12.1 Å². The summed E-state index contributed by atoms with van der Waals surface area (Å²) in [7, 11) is 1.44. The summed E-state index contributed by atoms with van der Waals surface area (Å²) in [6.45, 7) is 3.19. The highest BCUT2D eigenvalue weighted by atomic mass is 32.1. The zero-order chi connectivity index (χ0) is 21.1. The van der Waals surface area contributed by atoms with Gasteiger partial charge < -0.3 is 25.0 Å². The van der Waals surface area contributed by atoms with Crippen LogP contribution in [0.15, 0.2) is 24.3 Å². The second-order valence-electron chi connectivity index (χ2n) is 7.68. The number of ether oxygens (including phenoxy) is 1. The fourth-order valence-electron chi connectivity index (χ4n) is 4.18. The largest absolute Gasteiger partial charge is 0.508 e. The summed E-state index contributed by atoms with van der Waals surface area (Å²) in [6.07, 6.45) is 5.41. The van der Waals surface area contributed by atoms with E-state index in [0.717, 1.165) is 68.1 Å². The minimum absolute atomic E-state index is 0.278. The van der Waals surface area contributed by atoms with E-state index in [4.69, 9.17) is 17.0 Å². The molecule has 0 radical (unpaired) electrons. The summed E-state index contributed by atoms with van der Waals surface area (Å²) in [5.74, 6) is -0.00618. The summed E-state index contributed by atoms with van der Waals surface area (Å²) >= 11 is 7.34. The van der Waals surface area contributed by atoms with Crippen LogP contribution in [0, 0.1) is 0 Å². The van der Waals surface area contributed by atoms with E-state index in [9.17, 15) is 9.90 Å². The lowest BCUT2D eigenvalue weighted by atomic mass is 10.1. The average molecular weight is 446 g/mol. The van der Waals surface area contributed by atoms with Gasteiger partial charge in [-0.15, -0.1) is 11.3 Å². The van der Waals surface area contributed by atoms with Crippen molar-refractivity contribution < 1.29 is 14.6 Å². The molecule has 1 aromatic heterocycles. The molecule has 0 spiro atoms. The molecule has 1 aromatic carbocycles. The van der Waals surface area contributed by atoms with Crippen molar-refractivity contribution in [2.45, 2.75) is 32.1 Å². The Morgan fingerprint density at radius 3 is 2.67 bits per heavy atom. The normalized spacial score (nSPS) is 16.6. The SMILES string of the molecule is COC(=O)c1c(NC(=S)N2CCN(c3cccc(O)c3)CC2)sc2c1CCCCC2. The summed E-state index contributed by atoms with van der Waals surface area (Å²) < 4.78 is 5.09. The fraction of sp³-hybridized carbons (Fsp3) is 0.455. The number of thiophene rings is 1. The third kappa shape index (κ3) is 4.39. The van der Waals surface area contributed by atoms with Crippen LogP contribution in [0.25, 0.3) is 0 Å². The minimum atomic E-state index is -0.284. The Balaban J connectivity index is 1.45. The Labute approximate surface area is 186 Å². The lowest BCUT2D eigenvalue weighted by Crippen LogP contribution is -2.50. The monoisotopic (exact) mass is 445 g/mol. The highest BCUT2D eigenvalue weighted by Gasteiger charge is 2.27. The molecule has 2 aromatic rings. The summed E-state index contributed by atoms with van der Waals surface area (Å²) in [4.78, 5) is 18.2. The number of nitrogens with one attached hydrogen (secondary N) is 1. The van der Waals surface area contributed by atoms with Crippen LogP contribution < -0.4 is 10.2 Å². The molecule has 1 aliphatic heterocycles. The van der Waals surface area contributed by atoms with Gasteiger partial charge in [-0.3, -0.25) is 0 Å². The van der Waals surface area contributed by atoms with E-state index in [1.165, 1.54) is 18.4 Å². The maximum atomic E-state index is 12.5. The van der Waals surface area contributed by atoms with Gasteiger partial charge in [-0.1, -0.05) is 12.5 Å². The van der Waals surface area contributed by atoms with Gasteiger partial charge in [0.2, 0.25) is 0 Å². The number of phenolic OH excluding ortho intramolecular Hbond substituents is 1. The van der Waals surface area contributed by atoms with Crippen molar-refractivity contribution in [1.29, 1.82) is 0 Å². The van der Waals surface area contributed by atoms with E-state index in [2.05, 4.69) is 15.1 Å². The van der Waals surface area contributed by atoms with Gasteiger partial charge in [0.15, 0.2) is 5.11 Å². The highest BCUT2D eigenvalue weighted by Crippen LogP contribution is 2.38. The van der Waals surface area contributed by atoms with E-state index in [0.29, 0.717) is 10.7 Å². The number of benzene rings is 1. The van der Waals surface area contributed by atoms with Crippen LogP contribution in [0.5, 0.6) is 5.75 Å². The van der Waals surface area contributed by atoms with E-state index in [1.54, 1.807) is 23.5 Å². The number of aryl methyl sites for hydroxylation is 1. The van der Waals surface area contributed by atoms with Crippen LogP contribution in [0.4, 0.5) is 10.7 Å². The van der Waals surface area contributed by atoms with Gasteiger partial charge in [0.05, 0.1) is 12.7 Å². The highest BCUT2D eigenvalue weighted by molar-refractivity contribution is 7.80. The maximum absolute atomic E-state index is 12.5. The molecule has 0 atom stereocenters. The summed E-state index contributed by atoms with van der Waals surface area (Å²) in [5, 5.41) is 14.5. The average Bonchev–Trinajstić information content (AvgIpc) is 2.93. The van der Waals surface area contributed by atoms with Crippen LogP contribution in [0.3, 0.4) is 0 Å². The Bertz CT molecular complexity index is 936. The Hall–Kier alpha value is -2.32. The van der Waals surface area contributed by atoms with Crippen LogP contribution in [0.1, 0.15) is 40.1 Å². The van der Waals surface area contributed by atoms with E-state index < -0.39 is 0 Å². The number of hydrogen-bond acceptors (Lipinski definition) is 6. The number of carbonyl (C=O) groups is 1. The van der Waals surface area contributed by atoms with Gasteiger partial charge in [0.25, 0.3) is 0 Å². The molecule has 0 amide bonds. The quantitative estimate of drug-likeness (QED) is 0.420. The van der Waals surface area contributed by atoms with Gasteiger partial charge in [-0.25, -0.2) is 4.79 Å². The first-order valence-corrected chi connectivity index (χ1v) is 11.6. The van der Waals surface area contributed by atoms with Gasteiger partial charge in [0, 0.05) is 42.8 Å². The molecule has 1 aliphatic carbocycles. The van der Waals surface area contributed by atoms with Gasteiger partial charge in [-0.2, -0.15) is 0 Å². The molecule has 0 saturated carbocycles. The van der Waals surface area contributed by atoms with Crippen molar-refractivity contribution in [3.8, 4) is 5.75 Å². The maximum Gasteiger partial charge on any atom is 0.341 e. The zero-order valence-corrected chi connectivity index (χ0v) is 18.8. The second-order valence-corrected chi connectivity index (χ2v) is 9.18. The molecular weight excluding hydrogens is 418 g/mol. The van der Waals surface area contributed by atoms with Crippen molar-refractivity contribution in [2.24, 2.45) is 0 Å². The number of methoxy groups -OCH3 is 1. The van der Waals surface area contributed by atoms with Crippen LogP contribution in [-0.2, 0) is 17.6 Å². The molecule has 160 valence electrons. The molecule has 0 bridgehead atoms. The number of thiocarbonyl (C=S) groups is 1. The number of fused-ring (bicyclic) bond motifs is 1. The number of anilines is 2. The van der Waals surface area contributed by atoms with Crippen molar-refractivity contribution in [3.63, 3.8) is 0 Å².